The topological polar surface area (TPSA) is 141 Å². The number of para-hydroxylation sites is 1. The number of amides is 2. The number of hydrogen-bond acceptors (Lipinski definition) is 7. The normalized spacial score (nSPS) is 10.2. The number of phenolic OH excluding ortho intramolecular Hbond substituents is 1. The quantitative estimate of drug-likeness (QED) is 0.239. The van der Waals surface area contributed by atoms with Crippen molar-refractivity contribution in [3.8, 4) is 34.2 Å². The van der Waals surface area contributed by atoms with Crippen LogP contribution < -0.4 is 16.4 Å². The summed E-state index contributed by atoms with van der Waals surface area (Å²) in [6.07, 6.45) is 0.658. The molecule has 2 aromatic carbocycles. The summed E-state index contributed by atoms with van der Waals surface area (Å²) in [4.78, 5) is 30.4. The molecule has 2 amide bonds. The standard InChI is InChI=1S/C27H23N5O3S.ClH/c28-11-5-12-30-26(34)18-7-3-6-17(14-18)20-15-22(19-8-1-2-9-23(19)33)31-25(21(20)16-29)32-27(35)24-10-4-13-36-24;/h1-4,6-10,13-15,33H,5,11-12,28H2,(H,30,34)(H,31,32,35);1H. The maximum Gasteiger partial charge on any atom is 0.266 e. The molecule has 0 aliphatic rings. The number of aromatic hydroxyl groups is 1. The molecule has 0 unspecified atom stereocenters. The first kappa shape index (κ1) is 27.4. The molecule has 0 bridgehead atoms. The molecule has 8 nitrogen and oxygen atoms in total. The van der Waals surface area contributed by atoms with Crippen molar-refractivity contribution in [1.29, 1.82) is 5.26 Å². The molecule has 0 atom stereocenters. The highest BCUT2D eigenvalue weighted by molar-refractivity contribution is 7.12. The van der Waals surface area contributed by atoms with Gasteiger partial charge in [0.25, 0.3) is 11.8 Å². The number of rotatable bonds is 8. The number of nitriles is 1. The Kier molecular flexibility index (Phi) is 9.35. The summed E-state index contributed by atoms with van der Waals surface area (Å²) in [5.74, 6) is -0.596. The Hall–Kier alpha value is -4.23. The van der Waals surface area contributed by atoms with Gasteiger partial charge in [-0.2, -0.15) is 5.26 Å². The van der Waals surface area contributed by atoms with Gasteiger partial charge in [0.1, 0.15) is 17.4 Å². The number of pyridine rings is 1. The zero-order chi connectivity index (χ0) is 25.5. The monoisotopic (exact) mass is 533 g/mol. The molecule has 10 heteroatoms. The van der Waals surface area contributed by atoms with E-state index in [9.17, 15) is 20.0 Å². The maximum atomic E-state index is 12.8. The van der Waals surface area contributed by atoms with Crippen molar-refractivity contribution in [2.24, 2.45) is 5.73 Å². The van der Waals surface area contributed by atoms with E-state index in [1.54, 1.807) is 66.0 Å². The van der Waals surface area contributed by atoms with Crippen molar-refractivity contribution in [1.82, 2.24) is 10.3 Å². The Morgan fingerprint density at radius 3 is 2.54 bits per heavy atom. The van der Waals surface area contributed by atoms with Crippen molar-refractivity contribution < 1.29 is 14.7 Å². The number of carbonyl (C=O) groups excluding carboxylic acids is 2. The number of nitrogens with one attached hydrogen (secondary N) is 2. The average Bonchev–Trinajstić information content (AvgIpc) is 3.44. The van der Waals surface area contributed by atoms with Crippen LogP contribution in [0.2, 0.25) is 0 Å². The van der Waals surface area contributed by atoms with E-state index in [1.807, 2.05) is 0 Å². The minimum Gasteiger partial charge on any atom is -0.507 e. The van der Waals surface area contributed by atoms with E-state index < -0.39 is 5.91 Å². The van der Waals surface area contributed by atoms with E-state index in [1.165, 1.54) is 17.4 Å². The second kappa shape index (κ2) is 12.6. The molecular formula is C27H24ClN5O3S. The van der Waals surface area contributed by atoms with Crippen molar-refractivity contribution in [3.63, 3.8) is 0 Å². The number of nitrogens with two attached hydrogens (primary N) is 1. The number of halogens is 1. The maximum absolute atomic E-state index is 12.8. The molecule has 5 N–H and O–H groups in total. The summed E-state index contributed by atoms with van der Waals surface area (Å²) in [7, 11) is 0. The molecule has 4 aromatic rings. The van der Waals surface area contributed by atoms with E-state index in [4.69, 9.17) is 5.73 Å². The van der Waals surface area contributed by atoms with Gasteiger partial charge in [-0.05, 0) is 60.3 Å². The van der Waals surface area contributed by atoms with Gasteiger partial charge in [0.05, 0.1) is 10.6 Å². The first-order valence-electron chi connectivity index (χ1n) is 11.2. The number of carbonyl (C=O) groups is 2. The molecule has 0 radical (unpaired) electrons. The van der Waals surface area contributed by atoms with E-state index in [-0.39, 0.29) is 35.4 Å². The van der Waals surface area contributed by atoms with Crippen molar-refractivity contribution in [2.45, 2.75) is 6.42 Å². The largest absolute Gasteiger partial charge is 0.507 e. The molecule has 37 heavy (non-hydrogen) atoms. The number of phenols is 1. The minimum absolute atomic E-state index is 0. The van der Waals surface area contributed by atoms with Gasteiger partial charge in [0.15, 0.2) is 5.82 Å². The van der Waals surface area contributed by atoms with Crippen LogP contribution in [0.15, 0.2) is 72.1 Å². The molecule has 0 saturated carbocycles. The number of anilines is 1. The van der Waals surface area contributed by atoms with E-state index in [2.05, 4.69) is 21.7 Å². The van der Waals surface area contributed by atoms with Crippen LogP contribution in [-0.4, -0.2) is 35.0 Å². The number of nitrogens with zero attached hydrogens (tertiary/aromatic N) is 2. The predicted octanol–water partition coefficient (Wildman–Crippen LogP) is 4.81. The second-order valence-electron chi connectivity index (χ2n) is 7.82. The molecule has 0 spiro atoms. The summed E-state index contributed by atoms with van der Waals surface area (Å²) >= 11 is 1.27. The molecule has 0 aliphatic heterocycles. The predicted molar refractivity (Wildman–Crippen MR) is 147 cm³/mol. The first-order valence-corrected chi connectivity index (χ1v) is 12.1. The van der Waals surface area contributed by atoms with Crippen molar-refractivity contribution in [3.05, 3.63) is 88.1 Å². The third-order valence-corrected chi connectivity index (χ3v) is 6.26. The van der Waals surface area contributed by atoms with Gasteiger partial charge in [0.2, 0.25) is 0 Å². The van der Waals surface area contributed by atoms with Crippen LogP contribution in [0.25, 0.3) is 22.4 Å². The summed E-state index contributed by atoms with van der Waals surface area (Å²) < 4.78 is 0. The highest BCUT2D eigenvalue weighted by Crippen LogP contribution is 2.35. The minimum atomic E-state index is -0.401. The Morgan fingerprint density at radius 2 is 1.84 bits per heavy atom. The van der Waals surface area contributed by atoms with Gasteiger partial charge >= 0.3 is 0 Å². The molecule has 2 aromatic heterocycles. The number of thiophene rings is 1. The highest BCUT2D eigenvalue weighted by atomic mass is 35.5. The van der Waals surface area contributed by atoms with Gasteiger partial charge in [-0.3, -0.25) is 9.59 Å². The van der Waals surface area contributed by atoms with Crippen LogP contribution in [0.4, 0.5) is 5.82 Å². The molecule has 0 fully saturated rings. The SMILES string of the molecule is Cl.N#Cc1c(-c2cccc(C(=O)NCCCN)c2)cc(-c2ccccc2O)nc1NC(=O)c1cccs1. The lowest BCUT2D eigenvalue weighted by Gasteiger charge is -2.14. The fourth-order valence-electron chi connectivity index (χ4n) is 3.62. The van der Waals surface area contributed by atoms with Gasteiger partial charge in [-0.25, -0.2) is 4.98 Å². The summed E-state index contributed by atoms with van der Waals surface area (Å²) in [5.41, 5.74) is 7.90. The number of hydrogen-bond donors (Lipinski definition) is 4. The van der Waals surface area contributed by atoms with Crippen molar-refractivity contribution >= 4 is 41.4 Å². The summed E-state index contributed by atoms with van der Waals surface area (Å²) in [5, 5.41) is 27.8. The van der Waals surface area contributed by atoms with Gasteiger partial charge in [0, 0.05) is 23.2 Å². The lowest BCUT2D eigenvalue weighted by atomic mass is 9.96. The summed E-state index contributed by atoms with van der Waals surface area (Å²) in [6, 6.07) is 20.8. The second-order valence-corrected chi connectivity index (χ2v) is 8.77. The van der Waals surface area contributed by atoms with Crippen LogP contribution in [0, 0.1) is 11.3 Å². The van der Waals surface area contributed by atoms with Crippen molar-refractivity contribution in [2.75, 3.05) is 18.4 Å². The number of benzene rings is 2. The molecule has 2 heterocycles. The molecule has 0 saturated heterocycles. The fraction of sp³-hybridized carbons (Fsp3) is 0.111. The fourth-order valence-corrected chi connectivity index (χ4v) is 4.23. The molecular weight excluding hydrogens is 510 g/mol. The van der Waals surface area contributed by atoms with Crippen LogP contribution in [-0.2, 0) is 0 Å². The Labute approximate surface area is 224 Å². The van der Waals surface area contributed by atoms with Crippen LogP contribution in [0.1, 0.15) is 32.0 Å². The van der Waals surface area contributed by atoms with Crippen LogP contribution in [0.3, 0.4) is 0 Å². The zero-order valence-corrected chi connectivity index (χ0v) is 21.2. The Bertz CT molecular complexity index is 1450. The molecule has 188 valence electrons. The van der Waals surface area contributed by atoms with E-state index in [0.29, 0.717) is 52.3 Å². The lowest BCUT2D eigenvalue weighted by molar-refractivity contribution is 0.0952. The lowest BCUT2D eigenvalue weighted by Crippen LogP contribution is -2.25. The Balaban J connectivity index is 0.00000380. The van der Waals surface area contributed by atoms with E-state index in [0.717, 1.165) is 0 Å². The van der Waals surface area contributed by atoms with Gasteiger partial charge < -0.3 is 21.5 Å². The van der Waals surface area contributed by atoms with E-state index >= 15 is 0 Å². The van der Waals surface area contributed by atoms with Crippen LogP contribution >= 0.6 is 23.7 Å². The smallest absolute Gasteiger partial charge is 0.266 e. The third-order valence-electron chi connectivity index (χ3n) is 5.39. The van der Waals surface area contributed by atoms with Gasteiger partial charge in [-0.15, -0.1) is 23.7 Å². The summed E-state index contributed by atoms with van der Waals surface area (Å²) in [6.45, 7) is 0.923. The third kappa shape index (κ3) is 6.32. The average molecular weight is 534 g/mol. The first-order chi connectivity index (χ1) is 17.5. The Morgan fingerprint density at radius 1 is 1.03 bits per heavy atom. The van der Waals surface area contributed by atoms with Crippen LogP contribution in [0.5, 0.6) is 5.75 Å². The highest BCUT2D eigenvalue weighted by Gasteiger charge is 2.20. The zero-order valence-electron chi connectivity index (χ0n) is 19.6. The molecule has 0 aliphatic carbocycles. The van der Waals surface area contributed by atoms with Gasteiger partial charge in [-0.1, -0.05) is 30.3 Å². The number of aromatic nitrogens is 1. The molecule has 4 rings (SSSR count).